The fourth-order valence-electron chi connectivity index (χ4n) is 1.41. The summed E-state index contributed by atoms with van der Waals surface area (Å²) in [5.74, 6) is 0.214. The summed E-state index contributed by atoms with van der Waals surface area (Å²) in [5, 5.41) is 12.4. The minimum absolute atomic E-state index is 0.0905. The second-order valence-corrected chi connectivity index (χ2v) is 3.96. The second-order valence-electron chi connectivity index (χ2n) is 3.96. The quantitative estimate of drug-likeness (QED) is 0.654. The number of rotatable bonds is 6. The molecular formula is C11H20N2O2. The molecule has 0 bridgehead atoms. The standard InChI is InChI=1S/C11H20N2O2/c1-8(6-14)9(2)13-11(5-12)10-3-4-15-7-10/h3-4,7-9,11,13-14H,5-6,12H2,1-2H3. The van der Waals surface area contributed by atoms with E-state index in [-0.39, 0.29) is 24.6 Å². The van der Waals surface area contributed by atoms with Gasteiger partial charge in [0.2, 0.25) is 0 Å². The SMILES string of the molecule is CC(CO)C(C)NC(CN)c1ccoc1. The van der Waals surface area contributed by atoms with Gasteiger partial charge in [-0.05, 0) is 18.9 Å². The van der Waals surface area contributed by atoms with Gasteiger partial charge in [-0.1, -0.05) is 6.92 Å². The van der Waals surface area contributed by atoms with Crippen molar-refractivity contribution in [2.24, 2.45) is 11.7 Å². The lowest BCUT2D eigenvalue weighted by Gasteiger charge is -2.24. The Morgan fingerprint density at radius 3 is 2.73 bits per heavy atom. The molecule has 0 amide bonds. The van der Waals surface area contributed by atoms with Crippen LogP contribution in [0.5, 0.6) is 0 Å². The third kappa shape index (κ3) is 3.34. The Hall–Kier alpha value is -0.840. The summed E-state index contributed by atoms with van der Waals surface area (Å²) in [6.45, 7) is 4.74. The molecule has 3 atom stereocenters. The van der Waals surface area contributed by atoms with Crippen LogP contribution in [0.15, 0.2) is 23.0 Å². The number of hydrogen-bond donors (Lipinski definition) is 3. The first-order valence-corrected chi connectivity index (χ1v) is 5.28. The highest BCUT2D eigenvalue weighted by molar-refractivity contribution is 5.12. The molecule has 0 aromatic carbocycles. The number of aliphatic hydroxyl groups is 1. The van der Waals surface area contributed by atoms with Gasteiger partial charge in [0.25, 0.3) is 0 Å². The lowest BCUT2D eigenvalue weighted by atomic mass is 10.0. The van der Waals surface area contributed by atoms with Gasteiger partial charge in [0.1, 0.15) is 0 Å². The maximum Gasteiger partial charge on any atom is 0.0950 e. The van der Waals surface area contributed by atoms with Crippen LogP contribution in [-0.2, 0) is 0 Å². The highest BCUT2D eigenvalue weighted by Gasteiger charge is 2.17. The highest BCUT2D eigenvalue weighted by Crippen LogP contribution is 2.14. The molecule has 1 aromatic rings. The maximum absolute atomic E-state index is 9.03. The van der Waals surface area contributed by atoms with Crippen molar-refractivity contribution in [2.45, 2.75) is 25.9 Å². The monoisotopic (exact) mass is 212 g/mol. The van der Waals surface area contributed by atoms with Crippen LogP contribution in [-0.4, -0.2) is 24.3 Å². The summed E-state index contributed by atoms with van der Waals surface area (Å²) in [5.41, 5.74) is 6.74. The lowest BCUT2D eigenvalue weighted by Crippen LogP contribution is -2.39. The molecule has 1 rings (SSSR count). The largest absolute Gasteiger partial charge is 0.472 e. The van der Waals surface area contributed by atoms with E-state index in [4.69, 9.17) is 15.3 Å². The van der Waals surface area contributed by atoms with E-state index < -0.39 is 0 Å². The van der Waals surface area contributed by atoms with Gasteiger partial charge in [-0.25, -0.2) is 0 Å². The normalized spacial score (nSPS) is 17.3. The second kappa shape index (κ2) is 5.90. The van der Waals surface area contributed by atoms with Gasteiger partial charge in [-0.15, -0.1) is 0 Å². The van der Waals surface area contributed by atoms with E-state index in [1.807, 2.05) is 19.9 Å². The molecule has 1 aromatic heterocycles. The summed E-state index contributed by atoms with van der Waals surface area (Å²) < 4.78 is 5.02. The summed E-state index contributed by atoms with van der Waals surface area (Å²) >= 11 is 0. The van der Waals surface area contributed by atoms with Crippen molar-refractivity contribution in [3.05, 3.63) is 24.2 Å². The lowest BCUT2D eigenvalue weighted by molar-refractivity contribution is 0.201. The van der Waals surface area contributed by atoms with Crippen LogP contribution >= 0.6 is 0 Å². The molecule has 0 saturated carbocycles. The van der Waals surface area contributed by atoms with E-state index in [0.29, 0.717) is 6.54 Å². The molecule has 1 heterocycles. The van der Waals surface area contributed by atoms with Gasteiger partial charge in [0.05, 0.1) is 12.5 Å². The number of hydrogen-bond acceptors (Lipinski definition) is 4. The summed E-state index contributed by atoms with van der Waals surface area (Å²) in [6, 6.07) is 2.21. The smallest absolute Gasteiger partial charge is 0.0950 e. The van der Waals surface area contributed by atoms with Crippen molar-refractivity contribution in [1.29, 1.82) is 0 Å². The van der Waals surface area contributed by atoms with Crippen molar-refractivity contribution >= 4 is 0 Å². The number of nitrogens with one attached hydrogen (secondary N) is 1. The van der Waals surface area contributed by atoms with Crippen LogP contribution < -0.4 is 11.1 Å². The molecule has 0 radical (unpaired) electrons. The van der Waals surface area contributed by atoms with Gasteiger partial charge < -0.3 is 20.6 Å². The van der Waals surface area contributed by atoms with Gasteiger partial charge in [-0.3, -0.25) is 0 Å². The molecule has 0 saturated heterocycles. The molecule has 0 aliphatic carbocycles. The van der Waals surface area contributed by atoms with E-state index in [1.54, 1.807) is 12.5 Å². The molecule has 3 unspecified atom stereocenters. The molecule has 0 aliphatic heterocycles. The third-order valence-corrected chi connectivity index (χ3v) is 2.79. The summed E-state index contributed by atoms with van der Waals surface area (Å²) in [7, 11) is 0. The average Bonchev–Trinajstić information content (AvgIpc) is 2.77. The van der Waals surface area contributed by atoms with Gasteiger partial charge in [0.15, 0.2) is 0 Å². The zero-order valence-corrected chi connectivity index (χ0v) is 9.31. The van der Waals surface area contributed by atoms with E-state index >= 15 is 0 Å². The minimum Gasteiger partial charge on any atom is -0.472 e. The predicted molar refractivity (Wildman–Crippen MR) is 59.4 cm³/mol. The van der Waals surface area contributed by atoms with E-state index in [0.717, 1.165) is 5.56 Å². The average molecular weight is 212 g/mol. The van der Waals surface area contributed by atoms with Crippen molar-refractivity contribution in [3.63, 3.8) is 0 Å². The van der Waals surface area contributed by atoms with E-state index in [2.05, 4.69) is 5.32 Å². The molecule has 15 heavy (non-hydrogen) atoms. The first-order valence-electron chi connectivity index (χ1n) is 5.28. The molecular weight excluding hydrogens is 192 g/mol. The summed E-state index contributed by atoms with van der Waals surface area (Å²) in [4.78, 5) is 0. The van der Waals surface area contributed by atoms with Gasteiger partial charge in [0, 0.05) is 30.8 Å². The van der Waals surface area contributed by atoms with Crippen LogP contribution in [0.4, 0.5) is 0 Å². The van der Waals surface area contributed by atoms with Crippen LogP contribution in [0.2, 0.25) is 0 Å². The molecule has 0 fully saturated rings. The number of nitrogens with two attached hydrogens (primary N) is 1. The summed E-state index contributed by atoms with van der Waals surface area (Å²) in [6.07, 6.45) is 3.33. The van der Waals surface area contributed by atoms with E-state index in [9.17, 15) is 0 Å². The Labute approximate surface area is 90.5 Å². The van der Waals surface area contributed by atoms with Crippen LogP contribution in [0, 0.1) is 5.92 Å². The fraction of sp³-hybridized carbons (Fsp3) is 0.636. The number of furan rings is 1. The van der Waals surface area contributed by atoms with Crippen LogP contribution in [0.3, 0.4) is 0 Å². The van der Waals surface area contributed by atoms with Gasteiger partial charge >= 0.3 is 0 Å². The molecule has 0 aliphatic rings. The first kappa shape index (κ1) is 12.2. The Kier molecular flexibility index (Phi) is 4.81. The van der Waals surface area contributed by atoms with Crippen molar-refractivity contribution in [3.8, 4) is 0 Å². The number of aliphatic hydroxyl groups excluding tert-OH is 1. The van der Waals surface area contributed by atoms with E-state index in [1.165, 1.54) is 0 Å². The Morgan fingerprint density at radius 1 is 1.53 bits per heavy atom. The topological polar surface area (TPSA) is 71.4 Å². The zero-order valence-electron chi connectivity index (χ0n) is 9.31. The minimum atomic E-state index is 0.0905. The van der Waals surface area contributed by atoms with Crippen molar-refractivity contribution in [1.82, 2.24) is 5.32 Å². The van der Waals surface area contributed by atoms with Gasteiger partial charge in [-0.2, -0.15) is 0 Å². The fourth-order valence-corrected chi connectivity index (χ4v) is 1.41. The Balaban J connectivity index is 2.54. The van der Waals surface area contributed by atoms with Crippen molar-refractivity contribution < 1.29 is 9.52 Å². The third-order valence-electron chi connectivity index (χ3n) is 2.79. The first-order chi connectivity index (χ1) is 7.19. The molecule has 4 heteroatoms. The van der Waals surface area contributed by atoms with Crippen LogP contribution in [0.25, 0.3) is 0 Å². The highest BCUT2D eigenvalue weighted by atomic mass is 16.3. The maximum atomic E-state index is 9.03. The predicted octanol–water partition coefficient (Wildman–Crippen LogP) is 0.886. The van der Waals surface area contributed by atoms with Crippen LogP contribution in [0.1, 0.15) is 25.5 Å². The Morgan fingerprint density at radius 2 is 2.27 bits per heavy atom. The zero-order chi connectivity index (χ0) is 11.3. The Bertz CT molecular complexity index is 262. The molecule has 4 nitrogen and oxygen atoms in total. The molecule has 0 spiro atoms. The van der Waals surface area contributed by atoms with Crippen molar-refractivity contribution in [2.75, 3.05) is 13.2 Å². The molecule has 4 N–H and O–H groups in total. The molecule has 86 valence electrons.